The van der Waals surface area contributed by atoms with Gasteiger partial charge in [-0.15, -0.1) is 10.2 Å². The summed E-state index contributed by atoms with van der Waals surface area (Å²) in [5.41, 5.74) is 1.35. The number of ether oxygens (including phenoxy) is 1. The van der Waals surface area contributed by atoms with E-state index in [4.69, 9.17) is 4.74 Å². The SMILES string of the molecule is CCc1nnc(NS(=O)(=O)c2ccc(NC(=O)Cc3ccc(OC)cc3)cc2)s1. The van der Waals surface area contributed by atoms with E-state index in [-0.39, 0.29) is 22.4 Å². The minimum absolute atomic E-state index is 0.0684. The standard InChI is InChI=1S/C19H20N4O4S2/c1-3-18-21-22-19(28-18)23-29(25,26)16-10-6-14(7-11-16)20-17(24)12-13-4-8-15(27-2)9-5-13/h4-11H,3,12H2,1-2H3,(H,20,24)(H,22,23). The number of hydrogen-bond donors (Lipinski definition) is 2. The summed E-state index contributed by atoms with van der Waals surface area (Å²) in [6, 6.07) is 13.1. The van der Waals surface area contributed by atoms with Crippen molar-refractivity contribution in [2.24, 2.45) is 0 Å². The molecule has 0 fully saturated rings. The maximum Gasteiger partial charge on any atom is 0.263 e. The van der Waals surface area contributed by atoms with Crippen molar-refractivity contribution in [3.8, 4) is 5.75 Å². The molecule has 3 aromatic rings. The lowest BCUT2D eigenvalue weighted by atomic mass is 10.1. The zero-order valence-corrected chi connectivity index (χ0v) is 17.5. The van der Waals surface area contributed by atoms with E-state index in [9.17, 15) is 13.2 Å². The van der Waals surface area contributed by atoms with Gasteiger partial charge in [-0.1, -0.05) is 30.4 Å². The summed E-state index contributed by atoms with van der Waals surface area (Å²) in [5, 5.41) is 11.4. The van der Waals surface area contributed by atoms with Gasteiger partial charge in [0.05, 0.1) is 18.4 Å². The Morgan fingerprint density at radius 3 is 2.34 bits per heavy atom. The minimum Gasteiger partial charge on any atom is -0.497 e. The van der Waals surface area contributed by atoms with Crippen LogP contribution < -0.4 is 14.8 Å². The van der Waals surface area contributed by atoms with E-state index in [2.05, 4.69) is 20.2 Å². The van der Waals surface area contributed by atoms with Crippen molar-refractivity contribution < 1.29 is 17.9 Å². The summed E-state index contributed by atoms with van der Waals surface area (Å²) in [6.45, 7) is 1.92. The third kappa shape index (κ3) is 5.52. The number of anilines is 2. The normalized spacial score (nSPS) is 11.1. The van der Waals surface area contributed by atoms with Crippen LogP contribution in [0.25, 0.3) is 0 Å². The van der Waals surface area contributed by atoms with Crippen molar-refractivity contribution in [2.75, 3.05) is 17.1 Å². The van der Waals surface area contributed by atoms with Gasteiger partial charge in [-0.05, 0) is 48.4 Å². The van der Waals surface area contributed by atoms with Crippen LogP contribution in [0.2, 0.25) is 0 Å². The molecule has 3 rings (SSSR count). The number of methoxy groups -OCH3 is 1. The second kappa shape index (κ2) is 9.01. The first-order valence-electron chi connectivity index (χ1n) is 8.77. The highest BCUT2D eigenvalue weighted by Crippen LogP contribution is 2.21. The Morgan fingerprint density at radius 1 is 1.07 bits per heavy atom. The molecule has 1 heterocycles. The molecule has 0 aliphatic rings. The molecule has 0 aliphatic heterocycles. The van der Waals surface area contributed by atoms with Gasteiger partial charge in [-0.2, -0.15) is 0 Å². The molecule has 0 atom stereocenters. The first-order valence-corrected chi connectivity index (χ1v) is 11.1. The van der Waals surface area contributed by atoms with Crippen LogP contribution in [0, 0.1) is 0 Å². The van der Waals surface area contributed by atoms with Gasteiger partial charge in [0.25, 0.3) is 10.0 Å². The fraction of sp³-hybridized carbons (Fsp3) is 0.211. The van der Waals surface area contributed by atoms with Gasteiger partial charge < -0.3 is 10.1 Å². The average Bonchev–Trinajstić information content (AvgIpc) is 3.16. The van der Waals surface area contributed by atoms with Crippen molar-refractivity contribution in [2.45, 2.75) is 24.7 Å². The van der Waals surface area contributed by atoms with E-state index in [1.54, 1.807) is 19.2 Å². The van der Waals surface area contributed by atoms with Crippen LogP contribution in [-0.2, 0) is 27.7 Å². The predicted octanol–water partition coefficient (Wildman–Crippen LogP) is 3.09. The number of aryl methyl sites for hydroxylation is 1. The van der Waals surface area contributed by atoms with Crippen molar-refractivity contribution in [1.29, 1.82) is 0 Å². The van der Waals surface area contributed by atoms with Gasteiger partial charge in [0.1, 0.15) is 10.8 Å². The summed E-state index contributed by atoms with van der Waals surface area (Å²) < 4.78 is 32.4. The van der Waals surface area contributed by atoms with Gasteiger partial charge in [0, 0.05) is 5.69 Å². The Hall–Kier alpha value is -2.98. The molecule has 0 saturated carbocycles. The van der Waals surface area contributed by atoms with E-state index < -0.39 is 10.0 Å². The molecule has 1 amide bonds. The largest absolute Gasteiger partial charge is 0.497 e. The van der Waals surface area contributed by atoms with Gasteiger partial charge in [0.2, 0.25) is 11.0 Å². The van der Waals surface area contributed by atoms with Crippen LogP contribution in [0.4, 0.5) is 10.8 Å². The smallest absolute Gasteiger partial charge is 0.263 e. The number of benzene rings is 2. The Labute approximate surface area is 173 Å². The lowest BCUT2D eigenvalue weighted by Gasteiger charge is -2.08. The molecule has 29 heavy (non-hydrogen) atoms. The number of carbonyl (C=O) groups is 1. The second-order valence-electron chi connectivity index (χ2n) is 6.06. The van der Waals surface area contributed by atoms with Crippen molar-refractivity contribution in [3.63, 3.8) is 0 Å². The van der Waals surface area contributed by atoms with Gasteiger partial charge in [-0.25, -0.2) is 8.42 Å². The number of amides is 1. The Kier molecular flexibility index (Phi) is 6.45. The summed E-state index contributed by atoms with van der Waals surface area (Å²) in [5.74, 6) is 0.517. The molecule has 0 saturated heterocycles. The highest BCUT2D eigenvalue weighted by molar-refractivity contribution is 7.93. The minimum atomic E-state index is -3.78. The second-order valence-corrected chi connectivity index (χ2v) is 8.80. The van der Waals surface area contributed by atoms with E-state index in [0.29, 0.717) is 12.1 Å². The first kappa shape index (κ1) is 20.7. The molecule has 8 nitrogen and oxygen atoms in total. The fourth-order valence-corrected chi connectivity index (χ4v) is 4.37. The Morgan fingerprint density at radius 2 is 1.76 bits per heavy atom. The van der Waals surface area contributed by atoms with Crippen molar-refractivity contribution in [3.05, 3.63) is 59.1 Å². The Bertz CT molecular complexity index is 1080. The zero-order valence-electron chi connectivity index (χ0n) is 15.9. The number of carbonyl (C=O) groups excluding carboxylic acids is 1. The quantitative estimate of drug-likeness (QED) is 0.566. The maximum atomic E-state index is 12.5. The Balaban J connectivity index is 1.61. The first-order chi connectivity index (χ1) is 13.9. The number of aromatic nitrogens is 2. The van der Waals surface area contributed by atoms with Gasteiger partial charge in [0.15, 0.2) is 0 Å². The highest BCUT2D eigenvalue weighted by atomic mass is 32.2. The molecule has 2 N–H and O–H groups in total. The average molecular weight is 433 g/mol. The maximum absolute atomic E-state index is 12.5. The molecule has 0 spiro atoms. The van der Waals surface area contributed by atoms with Gasteiger partial charge >= 0.3 is 0 Å². The fourth-order valence-electron chi connectivity index (χ4n) is 2.46. The van der Waals surface area contributed by atoms with Crippen LogP contribution in [0.1, 0.15) is 17.5 Å². The molecule has 152 valence electrons. The van der Waals surface area contributed by atoms with E-state index in [1.165, 1.54) is 35.6 Å². The molecular weight excluding hydrogens is 412 g/mol. The lowest BCUT2D eigenvalue weighted by molar-refractivity contribution is -0.115. The highest BCUT2D eigenvalue weighted by Gasteiger charge is 2.17. The number of rotatable bonds is 8. The van der Waals surface area contributed by atoms with Crippen LogP contribution >= 0.6 is 11.3 Å². The molecule has 0 radical (unpaired) electrons. The van der Waals surface area contributed by atoms with E-state index in [1.807, 2.05) is 19.1 Å². The van der Waals surface area contributed by atoms with Crippen LogP contribution in [0.15, 0.2) is 53.4 Å². The monoisotopic (exact) mass is 432 g/mol. The number of nitrogens with zero attached hydrogens (tertiary/aromatic N) is 2. The summed E-state index contributed by atoms with van der Waals surface area (Å²) in [6.07, 6.45) is 0.882. The number of sulfonamides is 1. The van der Waals surface area contributed by atoms with E-state index >= 15 is 0 Å². The third-order valence-corrected chi connectivity index (χ3v) is 6.43. The molecule has 0 unspecified atom stereocenters. The summed E-state index contributed by atoms with van der Waals surface area (Å²) >= 11 is 1.19. The molecule has 0 aliphatic carbocycles. The van der Waals surface area contributed by atoms with Crippen LogP contribution in [0.3, 0.4) is 0 Å². The lowest BCUT2D eigenvalue weighted by Crippen LogP contribution is -2.15. The number of hydrogen-bond acceptors (Lipinski definition) is 7. The number of nitrogens with one attached hydrogen (secondary N) is 2. The summed E-state index contributed by atoms with van der Waals surface area (Å²) in [4.78, 5) is 12.3. The zero-order chi connectivity index (χ0) is 20.9. The summed E-state index contributed by atoms with van der Waals surface area (Å²) in [7, 11) is -2.19. The molecule has 0 bridgehead atoms. The molecule has 1 aromatic heterocycles. The third-order valence-electron chi connectivity index (χ3n) is 3.96. The molecule has 2 aromatic carbocycles. The molecular formula is C19H20N4O4S2. The van der Waals surface area contributed by atoms with Gasteiger partial charge in [-0.3, -0.25) is 9.52 Å². The van der Waals surface area contributed by atoms with Crippen molar-refractivity contribution in [1.82, 2.24) is 10.2 Å². The van der Waals surface area contributed by atoms with Crippen LogP contribution in [-0.4, -0.2) is 31.6 Å². The van der Waals surface area contributed by atoms with E-state index in [0.717, 1.165) is 16.3 Å². The van der Waals surface area contributed by atoms with Crippen molar-refractivity contribution >= 4 is 38.1 Å². The van der Waals surface area contributed by atoms with Crippen LogP contribution in [0.5, 0.6) is 5.75 Å². The molecule has 10 heteroatoms. The predicted molar refractivity (Wildman–Crippen MR) is 112 cm³/mol. The topological polar surface area (TPSA) is 110 Å².